The molecule has 0 heterocycles. The van der Waals surface area contributed by atoms with Crippen LogP contribution < -0.4 is 14.2 Å². The van der Waals surface area contributed by atoms with Crippen molar-refractivity contribution in [2.75, 3.05) is 34.9 Å². The molecular weight excluding hydrogens is 326 g/mol. The van der Waals surface area contributed by atoms with Crippen LogP contribution in [0.15, 0.2) is 36.4 Å². The summed E-state index contributed by atoms with van der Waals surface area (Å²) in [5.41, 5.74) is 2.38. The Labute approximate surface area is 148 Å². The molecule has 0 aliphatic rings. The summed E-state index contributed by atoms with van der Waals surface area (Å²) in [6, 6.07) is 11.9. The van der Waals surface area contributed by atoms with E-state index in [2.05, 4.69) is 18.0 Å². The molecule has 4 nitrogen and oxygen atoms in total. The molecule has 2 rings (SSSR count). The van der Waals surface area contributed by atoms with Crippen molar-refractivity contribution in [3.8, 4) is 17.2 Å². The van der Waals surface area contributed by atoms with Gasteiger partial charge in [0.25, 0.3) is 0 Å². The number of hydrogen-bond donors (Lipinski definition) is 0. The minimum Gasteiger partial charge on any atom is -0.495 e. The van der Waals surface area contributed by atoms with Crippen LogP contribution in [0.1, 0.15) is 11.1 Å². The van der Waals surface area contributed by atoms with E-state index in [9.17, 15) is 0 Å². The number of benzene rings is 2. The molecule has 0 aromatic heterocycles. The van der Waals surface area contributed by atoms with Gasteiger partial charge in [0.1, 0.15) is 5.75 Å². The van der Waals surface area contributed by atoms with E-state index < -0.39 is 0 Å². The molecule has 0 aliphatic heterocycles. The van der Waals surface area contributed by atoms with E-state index in [0.717, 1.165) is 36.6 Å². The van der Waals surface area contributed by atoms with Crippen molar-refractivity contribution in [3.63, 3.8) is 0 Å². The Morgan fingerprint density at radius 3 is 2.08 bits per heavy atom. The van der Waals surface area contributed by atoms with E-state index >= 15 is 0 Å². The Balaban J connectivity index is 1.93. The SMILES string of the molecule is COc1ccc(CN(C)CCc2ccc(OC)c(OC)c2)cc1Cl. The van der Waals surface area contributed by atoms with Crippen LogP contribution in [-0.4, -0.2) is 39.8 Å². The largest absolute Gasteiger partial charge is 0.495 e. The van der Waals surface area contributed by atoms with Gasteiger partial charge in [0.15, 0.2) is 11.5 Å². The van der Waals surface area contributed by atoms with E-state index in [1.807, 2.05) is 30.3 Å². The summed E-state index contributed by atoms with van der Waals surface area (Å²) in [4.78, 5) is 2.26. The lowest BCUT2D eigenvalue weighted by Crippen LogP contribution is -2.20. The van der Waals surface area contributed by atoms with Gasteiger partial charge in [-0.25, -0.2) is 0 Å². The number of rotatable bonds is 8. The maximum Gasteiger partial charge on any atom is 0.160 e. The van der Waals surface area contributed by atoms with E-state index in [0.29, 0.717) is 10.8 Å². The first-order valence-electron chi connectivity index (χ1n) is 7.79. The lowest BCUT2D eigenvalue weighted by Gasteiger charge is -2.18. The molecule has 0 bridgehead atoms. The molecule has 0 unspecified atom stereocenters. The lowest BCUT2D eigenvalue weighted by atomic mass is 10.1. The Kier molecular flexibility index (Phi) is 6.76. The molecule has 0 saturated carbocycles. The zero-order valence-electron chi connectivity index (χ0n) is 14.6. The Morgan fingerprint density at radius 2 is 1.46 bits per heavy atom. The standard InChI is InChI=1S/C19H24ClNO3/c1-21(13-15-6-7-17(22-2)16(20)11-15)10-9-14-5-8-18(23-3)19(12-14)24-4/h5-8,11-12H,9-10,13H2,1-4H3. The van der Waals surface area contributed by atoms with Crippen molar-refractivity contribution in [1.29, 1.82) is 0 Å². The third kappa shape index (κ3) is 4.79. The van der Waals surface area contributed by atoms with Crippen LogP contribution >= 0.6 is 11.6 Å². The Hall–Kier alpha value is -1.91. The van der Waals surface area contributed by atoms with Crippen LogP contribution in [0.3, 0.4) is 0 Å². The molecule has 0 atom stereocenters. The van der Waals surface area contributed by atoms with Crippen LogP contribution in [-0.2, 0) is 13.0 Å². The monoisotopic (exact) mass is 349 g/mol. The van der Waals surface area contributed by atoms with Crippen molar-refractivity contribution in [2.24, 2.45) is 0 Å². The normalized spacial score (nSPS) is 10.8. The van der Waals surface area contributed by atoms with Gasteiger partial charge in [-0.2, -0.15) is 0 Å². The highest BCUT2D eigenvalue weighted by Gasteiger charge is 2.07. The first-order chi connectivity index (χ1) is 11.6. The van der Waals surface area contributed by atoms with Gasteiger partial charge in [0.2, 0.25) is 0 Å². The van der Waals surface area contributed by atoms with E-state index in [1.54, 1.807) is 21.3 Å². The van der Waals surface area contributed by atoms with Gasteiger partial charge in [0, 0.05) is 13.1 Å². The van der Waals surface area contributed by atoms with Crippen LogP contribution in [0.2, 0.25) is 5.02 Å². The molecule has 5 heteroatoms. The fraction of sp³-hybridized carbons (Fsp3) is 0.368. The Morgan fingerprint density at radius 1 is 0.833 bits per heavy atom. The molecule has 0 N–H and O–H groups in total. The molecule has 0 amide bonds. The van der Waals surface area contributed by atoms with Gasteiger partial charge in [-0.1, -0.05) is 23.7 Å². The zero-order valence-corrected chi connectivity index (χ0v) is 15.4. The van der Waals surface area contributed by atoms with E-state index in [4.69, 9.17) is 25.8 Å². The summed E-state index contributed by atoms with van der Waals surface area (Å²) < 4.78 is 15.8. The van der Waals surface area contributed by atoms with Crippen LogP contribution in [0.25, 0.3) is 0 Å². The maximum absolute atomic E-state index is 6.18. The number of nitrogens with zero attached hydrogens (tertiary/aromatic N) is 1. The van der Waals surface area contributed by atoms with Crippen LogP contribution in [0.5, 0.6) is 17.2 Å². The van der Waals surface area contributed by atoms with Gasteiger partial charge >= 0.3 is 0 Å². The van der Waals surface area contributed by atoms with E-state index in [1.165, 1.54) is 5.56 Å². The summed E-state index contributed by atoms with van der Waals surface area (Å²) in [6.45, 7) is 1.76. The van der Waals surface area contributed by atoms with Crippen molar-refractivity contribution < 1.29 is 14.2 Å². The number of ether oxygens (including phenoxy) is 3. The molecule has 0 radical (unpaired) electrons. The fourth-order valence-electron chi connectivity index (χ4n) is 2.56. The van der Waals surface area contributed by atoms with Gasteiger partial charge < -0.3 is 19.1 Å². The minimum atomic E-state index is 0.642. The van der Waals surface area contributed by atoms with E-state index in [-0.39, 0.29) is 0 Å². The molecule has 0 saturated heterocycles. The predicted molar refractivity (Wildman–Crippen MR) is 97.6 cm³/mol. The lowest BCUT2D eigenvalue weighted by molar-refractivity contribution is 0.329. The summed E-state index contributed by atoms with van der Waals surface area (Å²) in [5, 5.41) is 0.642. The topological polar surface area (TPSA) is 30.9 Å². The van der Waals surface area contributed by atoms with Crippen molar-refractivity contribution in [1.82, 2.24) is 4.90 Å². The quantitative estimate of drug-likeness (QED) is 0.719. The first-order valence-corrected chi connectivity index (χ1v) is 8.17. The van der Waals surface area contributed by atoms with Crippen molar-refractivity contribution >= 4 is 11.6 Å². The summed E-state index contributed by atoms with van der Waals surface area (Å²) in [7, 11) is 7.02. The molecule has 0 aliphatic carbocycles. The maximum atomic E-state index is 6.18. The molecule has 24 heavy (non-hydrogen) atoms. The highest BCUT2D eigenvalue weighted by molar-refractivity contribution is 6.32. The van der Waals surface area contributed by atoms with Gasteiger partial charge in [-0.3, -0.25) is 0 Å². The highest BCUT2D eigenvalue weighted by Crippen LogP contribution is 2.28. The number of hydrogen-bond acceptors (Lipinski definition) is 4. The van der Waals surface area contributed by atoms with Gasteiger partial charge in [-0.05, 0) is 48.9 Å². The number of halogens is 1. The highest BCUT2D eigenvalue weighted by atomic mass is 35.5. The average Bonchev–Trinajstić information content (AvgIpc) is 2.59. The first kappa shape index (κ1) is 18.4. The Bertz CT molecular complexity index is 676. The average molecular weight is 350 g/mol. The third-order valence-electron chi connectivity index (χ3n) is 3.90. The predicted octanol–water partition coefficient (Wildman–Crippen LogP) is 4.04. The summed E-state index contributed by atoms with van der Waals surface area (Å²) >= 11 is 6.18. The molecule has 2 aromatic rings. The summed E-state index contributed by atoms with van der Waals surface area (Å²) in [5.74, 6) is 2.22. The summed E-state index contributed by atoms with van der Waals surface area (Å²) in [6.07, 6.45) is 0.931. The molecule has 2 aromatic carbocycles. The fourth-order valence-corrected chi connectivity index (χ4v) is 2.84. The zero-order chi connectivity index (χ0) is 17.5. The smallest absolute Gasteiger partial charge is 0.160 e. The number of methoxy groups -OCH3 is 3. The second kappa shape index (κ2) is 8.81. The number of likely N-dealkylation sites (N-methyl/N-ethyl adjacent to an activating group) is 1. The van der Waals surface area contributed by atoms with Gasteiger partial charge in [0.05, 0.1) is 26.4 Å². The van der Waals surface area contributed by atoms with Crippen LogP contribution in [0.4, 0.5) is 0 Å². The van der Waals surface area contributed by atoms with Crippen molar-refractivity contribution in [3.05, 3.63) is 52.5 Å². The molecule has 130 valence electrons. The van der Waals surface area contributed by atoms with Crippen LogP contribution in [0, 0.1) is 0 Å². The van der Waals surface area contributed by atoms with Crippen molar-refractivity contribution in [2.45, 2.75) is 13.0 Å². The third-order valence-corrected chi connectivity index (χ3v) is 4.19. The molecular formula is C19H24ClNO3. The minimum absolute atomic E-state index is 0.642. The van der Waals surface area contributed by atoms with Gasteiger partial charge in [-0.15, -0.1) is 0 Å². The second-order valence-corrected chi connectivity index (χ2v) is 6.05. The molecule has 0 fully saturated rings. The second-order valence-electron chi connectivity index (χ2n) is 5.65. The molecule has 0 spiro atoms.